The summed E-state index contributed by atoms with van der Waals surface area (Å²) in [7, 11) is 0. The Hall–Kier alpha value is -1.81. The zero-order chi connectivity index (χ0) is 13.0. The third-order valence-electron chi connectivity index (χ3n) is 2.86. The van der Waals surface area contributed by atoms with Crippen LogP contribution in [0.25, 0.3) is 0 Å². The molecule has 0 aliphatic heterocycles. The molecule has 4 heteroatoms. The van der Waals surface area contributed by atoms with Gasteiger partial charge in [-0.15, -0.1) is 0 Å². The molecule has 1 heterocycles. The van der Waals surface area contributed by atoms with Crippen molar-refractivity contribution in [2.45, 2.75) is 20.0 Å². The Morgan fingerprint density at radius 3 is 2.56 bits per heavy atom. The molecular weight excluding hydrogens is 231 g/mol. The van der Waals surface area contributed by atoms with Gasteiger partial charge < -0.3 is 15.1 Å². The maximum atomic E-state index is 12.9. The summed E-state index contributed by atoms with van der Waals surface area (Å²) in [5.74, 6) is 0.639. The van der Waals surface area contributed by atoms with E-state index in [0.717, 1.165) is 23.6 Å². The number of hydrogen-bond acceptors (Lipinski definition) is 3. The van der Waals surface area contributed by atoms with E-state index in [2.05, 4.69) is 11.8 Å². The van der Waals surface area contributed by atoms with E-state index in [1.54, 1.807) is 18.4 Å². The Kier molecular flexibility index (Phi) is 3.99. The maximum Gasteiger partial charge on any atom is 0.123 e. The van der Waals surface area contributed by atoms with E-state index >= 15 is 0 Å². The van der Waals surface area contributed by atoms with Gasteiger partial charge in [-0.3, -0.25) is 0 Å². The van der Waals surface area contributed by atoms with Crippen LogP contribution in [0.2, 0.25) is 0 Å². The van der Waals surface area contributed by atoms with Crippen LogP contribution in [0.1, 0.15) is 18.2 Å². The van der Waals surface area contributed by atoms with Crippen molar-refractivity contribution in [3.8, 4) is 0 Å². The standard InChI is InChI=1S/C14H17FN2O/c1-2-17(13-5-3-12(15)4-6-13)9-14-7-11(8-16)10-18-14/h3-7,10H,2,8-9,16H2,1H3. The Balaban J connectivity index is 2.11. The summed E-state index contributed by atoms with van der Waals surface area (Å²) < 4.78 is 18.3. The van der Waals surface area contributed by atoms with Crippen LogP contribution in [0, 0.1) is 5.82 Å². The van der Waals surface area contributed by atoms with E-state index in [1.807, 2.05) is 6.07 Å². The zero-order valence-corrected chi connectivity index (χ0v) is 10.4. The van der Waals surface area contributed by atoms with Crippen molar-refractivity contribution >= 4 is 5.69 Å². The molecule has 0 unspecified atom stereocenters. The molecule has 0 radical (unpaired) electrons. The summed E-state index contributed by atoms with van der Waals surface area (Å²) in [5, 5.41) is 0. The highest BCUT2D eigenvalue weighted by atomic mass is 19.1. The highest BCUT2D eigenvalue weighted by Crippen LogP contribution is 2.18. The zero-order valence-electron chi connectivity index (χ0n) is 10.4. The van der Waals surface area contributed by atoms with E-state index in [1.165, 1.54) is 12.1 Å². The summed E-state index contributed by atoms with van der Waals surface area (Å²) in [5.41, 5.74) is 7.50. The Morgan fingerprint density at radius 2 is 2.00 bits per heavy atom. The van der Waals surface area contributed by atoms with Crippen molar-refractivity contribution in [2.24, 2.45) is 5.73 Å². The van der Waals surface area contributed by atoms with Crippen LogP contribution >= 0.6 is 0 Å². The van der Waals surface area contributed by atoms with Gasteiger partial charge in [-0.25, -0.2) is 4.39 Å². The first-order valence-electron chi connectivity index (χ1n) is 5.99. The van der Waals surface area contributed by atoms with Gasteiger partial charge in [0.05, 0.1) is 12.8 Å². The molecular formula is C14H17FN2O. The number of nitrogens with two attached hydrogens (primary N) is 1. The van der Waals surface area contributed by atoms with Crippen molar-refractivity contribution in [2.75, 3.05) is 11.4 Å². The highest BCUT2D eigenvalue weighted by Gasteiger charge is 2.08. The van der Waals surface area contributed by atoms with Gasteiger partial charge in [-0.2, -0.15) is 0 Å². The molecule has 1 aromatic heterocycles. The monoisotopic (exact) mass is 248 g/mol. The van der Waals surface area contributed by atoms with Crippen molar-refractivity contribution in [3.63, 3.8) is 0 Å². The molecule has 96 valence electrons. The van der Waals surface area contributed by atoms with Crippen LogP contribution in [0.3, 0.4) is 0 Å². The number of anilines is 1. The molecule has 0 fully saturated rings. The smallest absolute Gasteiger partial charge is 0.123 e. The van der Waals surface area contributed by atoms with Gasteiger partial charge in [-0.1, -0.05) is 0 Å². The summed E-state index contributed by atoms with van der Waals surface area (Å²) in [6, 6.07) is 8.42. The topological polar surface area (TPSA) is 42.4 Å². The number of rotatable bonds is 5. The Bertz CT molecular complexity index is 493. The van der Waals surface area contributed by atoms with Gasteiger partial charge >= 0.3 is 0 Å². The predicted octanol–water partition coefficient (Wildman–Crippen LogP) is 2.90. The molecule has 0 saturated heterocycles. The molecule has 1 aromatic carbocycles. The van der Waals surface area contributed by atoms with E-state index in [-0.39, 0.29) is 5.82 Å². The van der Waals surface area contributed by atoms with Crippen LogP contribution in [0.15, 0.2) is 41.0 Å². The number of benzene rings is 1. The first-order chi connectivity index (χ1) is 8.72. The van der Waals surface area contributed by atoms with Crippen LogP contribution in [-0.2, 0) is 13.1 Å². The second-order valence-corrected chi connectivity index (χ2v) is 4.12. The molecule has 18 heavy (non-hydrogen) atoms. The molecule has 2 N–H and O–H groups in total. The van der Waals surface area contributed by atoms with E-state index in [9.17, 15) is 4.39 Å². The minimum atomic E-state index is -0.224. The van der Waals surface area contributed by atoms with Gasteiger partial charge in [-0.05, 0) is 37.3 Å². The fraction of sp³-hybridized carbons (Fsp3) is 0.286. The predicted molar refractivity (Wildman–Crippen MR) is 69.7 cm³/mol. The first kappa shape index (κ1) is 12.6. The number of hydrogen-bond donors (Lipinski definition) is 1. The van der Waals surface area contributed by atoms with Crippen molar-refractivity contribution < 1.29 is 8.81 Å². The largest absolute Gasteiger partial charge is 0.467 e. The van der Waals surface area contributed by atoms with Crippen molar-refractivity contribution in [1.82, 2.24) is 0 Å². The summed E-state index contributed by atoms with van der Waals surface area (Å²) in [6.07, 6.45) is 1.67. The molecule has 0 aliphatic carbocycles. The van der Waals surface area contributed by atoms with E-state index in [4.69, 9.17) is 10.2 Å². The van der Waals surface area contributed by atoms with Gasteiger partial charge in [0.2, 0.25) is 0 Å². The summed E-state index contributed by atoms with van der Waals surface area (Å²) in [4.78, 5) is 2.11. The molecule has 0 atom stereocenters. The second kappa shape index (κ2) is 5.69. The van der Waals surface area contributed by atoms with E-state index in [0.29, 0.717) is 13.1 Å². The average Bonchev–Trinajstić information content (AvgIpc) is 2.85. The molecule has 3 nitrogen and oxygen atoms in total. The molecule has 0 saturated carbocycles. The number of halogens is 1. The molecule has 0 spiro atoms. The van der Waals surface area contributed by atoms with Crippen LogP contribution in [0.4, 0.5) is 10.1 Å². The third kappa shape index (κ3) is 2.90. The van der Waals surface area contributed by atoms with Gasteiger partial charge in [0, 0.05) is 24.3 Å². The average molecular weight is 248 g/mol. The second-order valence-electron chi connectivity index (χ2n) is 4.12. The number of nitrogens with zero attached hydrogens (tertiary/aromatic N) is 1. The lowest BCUT2D eigenvalue weighted by Crippen LogP contribution is -2.21. The molecule has 2 rings (SSSR count). The highest BCUT2D eigenvalue weighted by molar-refractivity contribution is 5.46. The van der Waals surface area contributed by atoms with Gasteiger partial charge in [0.15, 0.2) is 0 Å². The first-order valence-corrected chi connectivity index (χ1v) is 5.99. The van der Waals surface area contributed by atoms with Gasteiger partial charge in [0.25, 0.3) is 0 Å². The van der Waals surface area contributed by atoms with E-state index < -0.39 is 0 Å². The lowest BCUT2D eigenvalue weighted by atomic mass is 10.2. The third-order valence-corrected chi connectivity index (χ3v) is 2.86. The Morgan fingerprint density at radius 1 is 1.28 bits per heavy atom. The summed E-state index contributed by atoms with van der Waals surface area (Å²) in [6.45, 7) is 4.01. The molecule has 0 bridgehead atoms. The number of furan rings is 1. The minimum Gasteiger partial charge on any atom is -0.467 e. The normalized spacial score (nSPS) is 10.6. The van der Waals surface area contributed by atoms with Crippen LogP contribution < -0.4 is 10.6 Å². The van der Waals surface area contributed by atoms with Crippen molar-refractivity contribution in [1.29, 1.82) is 0 Å². The molecule has 2 aromatic rings. The van der Waals surface area contributed by atoms with Crippen molar-refractivity contribution in [3.05, 3.63) is 53.7 Å². The van der Waals surface area contributed by atoms with Crippen LogP contribution in [0.5, 0.6) is 0 Å². The summed E-state index contributed by atoms with van der Waals surface area (Å²) >= 11 is 0. The SMILES string of the molecule is CCN(Cc1cc(CN)co1)c1ccc(F)cc1. The lowest BCUT2D eigenvalue weighted by molar-refractivity contribution is 0.502. The fourth-order valence-corrected chi connectivity index (χ4v) is 1.84. The van der Waals surface area contributed by atoms with Gasteiger partial charge in [0.1, 0.15) is 11.6 Å². The quantitative estimate of drug-likeness (QED) is 0.884. The lowest BCUT2D eigenvalue weighted by Gasteiger charge is -2.21. The minimum absolute atomic E-state index is 0.224. The molecule has 0 aliphatic rings. The Labute approximate surface area is 106 Å². The maximum absolute atomic E-state index is 12.9. The van der Waals surface area contributed by atoms with Crippen LogP contribution in [-0.4, -0.2) is 6.54 Å². The fourth-order valence-electron chi connectivity index (χ4n) is 1.84. The molecule has 0 amide bonds.